The molecule has 3 rings (SSSR count). The summed E-state index contributed by atoms with van der Waals surface area (Å²) in [6, 6.07) is 16.8. The van der Waals surface area contributed by atoms with E-state index >= 15 is 0 Å². The highest BCUT2D eigenvalue weighted by atomic mass is 16.5. The number of nitrogens with two attached hydrogens (primary N) is 1. The summed E-state index contributed by atoms with van der Waals surface area (Å²) in [6.07, 6.45) is 0. The van der Waals surface area contributed by atoms with Gasteiger partial charge in [-0.1, -0.05) is 36.4 Å². The van der Waals surface area contributed by atoms with E-state index in [1.54, 1.807) is 6.07 Å². The first kappa shape index (κ1) is 13.1. The number of benzene rings is 2. The van der Waals surface area contributed by atoms with Crippen LogP contribution in [0.5, 0.6) is 0 Å². The van der Waals surface area contributed by atoms with Crippen molar-refractivity contribution < 1.29 is 9.53 Å². The zero-order chi connectivity index (χ0) is 14.8. The molecule has 0 atom stereocenters. The monoisotopic (exact) mass is 278 g/mol. The molecule has 0 fully saturated rings. The summed E-state index contributed by atoms with van der Waals surface area (Å²) >= 11 is 0. The van der Waals surface area contributed by atoms with Crippen LogP contribution in [0, 0.1) is 0 Å². The maximum Gasteiger partial charge on any atom is 0.340 e. The Balaban J connectivity index is 2.24. The van der Waals surface area contributed by atoms with Crippen LogP contribution < -0.4 is 5.73 Å². The predicted molar refractivity (Wildman–Crippen MR) is 82.9 cm³/mol. The number of pyridine rings is 1. The Kier molecular flexibility index (Phi) is 3.28. The minimum atomic E-state index is -0.397. The molecule has 0 aliphatic carbocycles. The fourth-order valence-electron chi connectivity index (χ4n) is 2.30. The van der Waals surface area contributed by atoms with Gasteiger partial charge >= 0.3 is 5.97 Å². The zero-order valence-corrected chi connectivity index (χ0v) is 11.5. The van der Waals surface area contributed by atoms with Crippen molar-refractivity contribution in [2.45, 2.75) is 0 Å². The summed E-state index contributed by atoms with van der Waals surface area (Å²) in [6.45, 7) is 0. The van der Waals surface area contributed by atoms with Crippen molar-refractivity contribution in [3.63, 3.8) is 0 Å². The van der Waals surface area contributed by atoms with Crippen LogP contribution in [0.25, 0.3) is 22.2 Å². The minimum absolute atomic E-state index is 0.397. The van der Waals surface area contributed by atoms with Crippen LogP contribution in [0.3, 0.4) is 0 Å². The van der Waals surface area contributed by atoms with Gasteiger partial charge in [0.1, 0.15) is 0 Å². The number of para-hydroxylation sites is 2. The number of fused-ring (bicyclic) bond motifs is 1. The van der Waals surface area contributed by atoms with E-state index in [1.807, 2.05) is 48.5 Å². The van der Waals surface area contributed by atoms with Crippen molar-refractivity contribution in [1.82, 2.24) is 4.98 Å². The third-order valence-corrected chi connectivity index (χ3v) is 3.36. The molecule has 4 nitrogen and oxygen atoms in total. The number of aromatic nitrogens is 1. The highest BCUT2D eigenvalue weighted by molar-refractivity contribution is 6.03. The Morgan fingerprint density at radius 1 is 1.05 bits per heavy atom. The lowest BCUT2D eigenvalue weighted by atomic mass is 10.1. The highest BCUT2D eigenvalue weighted by Gasteiger charge is 2.12. The summed E-state index contributed by atoms with van der Waals surface area (Å²) in [5.74, 6) is -0.397. The molecule has 0 unspecified atom stereocenters. The molecule has 3 aromatic rings. The molecule has 104 valence electrons. The lowest BCUT2D eigenvalue weighted by Gasteiger charge is -2.08. The van der Waals surface area contributed by atoms with Gasteiger partial charge in [-0.25, -0.2) is 9.78 Å². The summed E-state index contributed by atoms with van der Waals surface area (Å²) < 4.78 is 4.81. The largest absolute Gasteiger partial charge is 0.465 e. The van der Waals surface area contributed by atoms with Crippen molar-refractivity contribution in [2.24, 2.45) is 0 Å². The van der Waals surface area contributed by atoms with Gasteiger partial charge in [0, 0.05) is 16.6 Å². The number of esters is 1. The van der Waals surface area contributed by atoms with Crippen LogP contribution in [0.1, 0.15) is 10.4 Å². The van der Waals surface area contributed by atoms with Gasteiger partial charge in [0.15, 0.2) is 0 Å². The van der Waals surface area contributed by atoms with Crippen LogP contribution in [-0.4, -0.2) is 18.1 Å². The third kappa shape index (κ3) is 2.31. The first-order valence-electron chi connectivity index (χ1n) is 6.53. The topological polar surface area (TPSA) is 65.2 Å². The van der Waals surface area contributed by atoms with Crippen molar-refractivity contribution in [3.05, 3.63) is 60.2 Å². The second-order valence-corrected chi connectivity index (χ2v) is 4.65. The van der Waals surface area contributed by atoms with E-state index < -0.39 is 5.97 Å². The van der Waals surface area contributed by atoms with Crippen LogP contribution in [0.2, 0.25) is 0 Å². The SMILES string of the molecule is COC(=O)c1cccc2ccc(-c3ccccc3N)nc12. The van der Waals surface area contributed by atoms with Crippen LogP contribution >= 0.6 is 0 Å². The number of rotatable bonds is 2. The number of nitrogen functional groups attached to an aromatic ring is 1. The number of methoxy groups -OCH3 is 1. The number of anilines is 1. The number of carbonyl (C=O) groups is 1. The first-order valence-corrected chi connectivity index (χ1v) is 6.53. The molecule has 0 aliphatic heterocycles. The maximum absolute atomic E-state index is 11.9. The van der Waals surface area contributed by atoms with Gasteiger partial charge in [-0.2, -0.15) is 0 Å². The molecule has 0 spiro atoms. The Bertz CT molecular complexity index is 828. The fourth-order valence-corrected chi connectivity index (χ4v) is 2.30. The van der Waals surface area contributed by atoms with Gasteiger partial charge in [0.05, 0.1) is 23.9 Å². The average Bonchev–Trinajstić information content (AvgIpc) is 2.53. The molecule has 0 saturated carbocycles. The van der Waals surface area contributed by atoms with Crippen molar-refractivity contribution in [3.8, 4) is 11.3 Å². The Morgan fingerprint density at radius 3 is 2.62 bits per heavy atom. The molecule has 0 saturated heterocycles. The smallest absolute Gasteiger partial charge is 0.340 e. The first-order chi connectivity index (χ1) is 10.2. The maximum atomic E-state index is 11.9. The summed E-state index contributed by atoms with van der Waals surface area (Å²) in [4.78, 5) is 16.4. The molecular weight excluding hydrogens is 264 g/mol. The van der Waals surface area contributed by atoms with Gasteiger partial charge in [0.25, 0.3) is 0 Å². The van der Waals surface area contributed by atoms with E-state index in [9.17, 15) is 4.79 Å². The van der Waals surface area contributed by atoms with Gasteiger partial charge in [-0.15, -0.1) is 0 Å². The second kappa shape index (κ2) is 5.25. The van der Waals surface area contributed by atoms with E-state index in [0.717, 1.165) is 16.6 Å². The molecule has 4 heteroatoms. The van der Waals surface area contributed by atoms with Crippen molar-refractivity contribution in [1.29, 1.82) is 0 Å². The van der Waals surface area contributed by atoms with E-state index in [4.69, 9.17) is 10.5 Å². The molecule has 2 aromatic carbocycles. The summed E-state index contributed by atoms with van der Waals surface area (Å²) in [5.41, 5.74) is 9.29. The molecular formula is C17H14N2O2. The molecule has 21 heavy (non-hydrogen) atoms. The van der Waals surface area contributed by atoms with E-state index in [0.29, 0.717) is 16.8 Å². The summed E-state index contributed by atoms with van der Waals surface area (Å²) in [7, 11) is 1.36. The Labute approximate surface area is 122 Å². The number of nitrogens with zero attached hydrogens (tertiary/aromatic N) is 1. The fraction of sp³-hybridized carbons (Fsp3) is 0.0588. The number of hydrogen-bond acceptors (Lipinski definition) is 4. The number of carbonyl (C=O) groups excluding carboxylic acids is 1. The number of hydrogen-bond donors (Lipinski definition) is 1. The minimum Gasteiger partial charge on any atom is -0.465 e. The van der Waals surface area contributed by atoms with E-state index in [2.05, 4.69) is 4.98 Å². The normalized spacial score (nSPS) is 10.5. The standard InChI is InChI=1S/C17H14N2O2/c1-21-17(20)13-7-4-5-11-9-10-15(19-16(11)13)12-6-2-3-8-14(12)18/h2-10H,18H2,1H3. The van der Waals surface area contributed by atoms with Gasteiger partial charge in [-0.05, 0) is 18.2 Å². The zero-order valence-electron chi connectivity index (χ0n) is 11.5. The molecule has 0 bridgehead atoms. The Hall–Kier alpha value is -2.88. The quantitative estimate of drug-likeness (QED) is 0.577. The lowest BCUT2D eigenvalue weighted by Crippen LogP contribution is -2.03. The van der Waals surface area contributed by atoms with Gasteiger partial charge in [0.2, 0.25) is 0 Å². The van der Waals surface area contributed by atoms with Crippen LogP contribution in [-0.2, 0) is 4.74 Å². The van der Waals surface area contributed by atoms with Crippen LogP contribution in [0.15, 0.2) is 54.6 Å². The van der Waals surface area contributed by atoms with Gasteiger partial charge < -0.3 is 10.5 Å². The Morgan fingerprint density at radius 2 is 1.86 bits per heavy atom. The third-order valence-electron chi connectivity index (χ3n) is 3.36. The molecule has 1 aromatic heterocycles. The molecule has 1 heterocycles. The summed E-state index contributed by atoms with van der Waals surface area (Å²) in [5, 5.41) is 0.885. The molecule has 0 aliphatic rings. The predicted octanol–water partition coefficient (Wildman–Crippen LogP) is 3.27. The van der Waals surface area contributed by atoms with E-state index in [1.165, 1.54) is 7.11 Å². The van der Waals surface area contributed by atoms with Crippen molar-refractivity contribution >= 4 is 22.6 Å². The van der Waals surface area contributed by atoms with E-state index in [-0.39, 0.29) is 0 Å². The van der Waals surface area contributed by atoms with Gasteiger partial charge in [-0.3, -0.25) is 0 Å². The van der Waals surface area contributed by atoms with Crippen LogP contribution in [0.4, 0.5) is 5.69 Å². The molecule has 2 N–H and O–H groups in total. The second-order valence-electron chi connectivity index (χ2n) is 4.65. The average molecular weight is 278 g/mol. The molecule has 0 radical (unpaired) electrons. The lowest BCUT2D eigenvalue weighted by molar-refractivity contribution is 0.0603. The highest BCUT2D eigenvalue weighted by Crippen LogP contribution is 2.27. The molecule has 0 amide bonds. The number of ether oxygens (including phenoxy) is 1. The van der Waals surface area contributed by atoms with Crippen molar-refractivity contribution in [2.75, 3.05) is 12.8 Å².